The normalized spacial score (nSPS) is 29.3. The van der Waals surface area contributed by atoms with Crippen LogP contribution in [0.1, 0.15) is 30.8 Å². The Balaban J connectivity index is 2.20. The molecule has 2 atom stereocenters. The Morgan fingerprint density at radius 1 is 1.64 bits per heavy atom. The van der Waals surface area contributed by atoms with E-state index >= 15 is 0 Å². The molecule has 1 aromatic rings. The third-order valence-electron chi connectivity index (χ3n) is 2.85. The zero-order valence-corrected chi connectivity index (χ0v) is 10.3. The van der Waals surface area contributed by atoms with Crippen LogP contribution in [0.4, 0.5) is 0 Å². The van der Waals surface area contributed by atoms with E-state index in [0.29, 0.717) is 10.8 Å². The van der Waals surface area contributed by atoms with Crippen molar-refractivity contribution in [2.24, 2.45) is 0 Å². The zero-order valence-electron chi connectivity index (χ0n) is 8.62. The van der Waals surface area contributed by atoms with Gasteiger partial charge in [-0.1, -0.05) is 0 Å². The standard InChI is InChI=1S/C10H16N2S2/c1-10(4-3-6-14-10)8(11-2)9-12-5-7-13-9/h5,7-8,11H,3-4,6H2,1-2H3. The van der Waals surface area contributed by atoms with E-state index < -0.39 is 0 Å². The Morgan fingerprint density at radius 3 is 3.00 bits per heavy atom. The van der Waals surface area contributed by atoms with Crippen molar-refractivity contribution in [1.82, 2.24) is 10.3 Å². The molecule has 2 rings (SSSR count). The van der Waals surface area contributed by atoms with Crippen molar-refractivity contribution in [3.8, 4) is 0 Å². The fraction of sp³-hybridized carbons (Fsp3) is 0.700. The van der Waals surface area contributed by atoms with Crippen LogP contribution in [0.3, 0.4) is 0 Å². The fourth-order valence-electron chi connectivity index (χ4n) is 2.10. The van der Waals surface area contributed by atoms with Gasteiger partial charge in [-0.05, 0) is 32.6 Å². The summed E-state index contributed by atoms with van der Waals surface area (Å²) in [5.74, 6) is 1.29. The summed E-state index contributed by atoms with van der Waals surface area (Å²) in [4.78, 5) is 4.42. The maximum absolute atomic E-state index is 4.42. The second-order valence-electron chi connectivity index (χ2n) is 3.86. The first-order valence-electron chi connectivity index (χ1n) is 4.97. The lowest BCUT2D eigenvalue weighted by Gasteiger charge is -2.31. The first kappa shape index (κ1) is 10.5. The van der Waals surface area contributed by atoms with E-state index in [4.69, 9.17) is 0 Å². The predicted octanol–water partition coefficient (Wildman–Crippen LogP) is 2.69. The average molecular weight is 228 g/mol. The molecule has 1 aromatic heterocycles. The van der Waals surface area contributed by atoms with Gasteiger partial charge in [0.05, 0.1) is 6.04 Å². The molecular formula is C10H16N2S2. The van der Waals surface area contributed by atoms with Gasteiger partial charge in [-0.25, -0.2) is 4.98 Å². The van der Waals surface area contributed by atoms with E-state index in [-0.39, 0.29) is 0 Å². The highest BCUT2D eigenvalue weighted by Gasteiger charge is 2.39. The van der Waals surface area contributed by atoms with Gasteiger partial charge >= 0.3 is 0 Å². The minimum atomic E-state index is 0.340. The molecule has 78 valence electrons. The molecule has 0 saturated carbocycles. The summed E-state index contributed by atoms with van der Waals surface area (Å²) in [6.45, 7) is 2.35. The number of nitrogens with one attached hydrogen (secondary N) is 1. The summed E-state index contributed by atoms with van der Waals surface area (Å²) in [6.07, 6.45) is 4.53. The number of thioether (sulfide) groups is 1. The topological polar surface area (TPSA) is 24.9 Å². The van der Waals surface area contributed by atoms with E-state index in [2.05, 4.69) is 34.4 Å². The molecule has 2 heterocycles. The molecule has 14 heavy (non-hydrogen) atoms. The van der Waals surface area contributed by atoms with E-state index in [1.54, 1.807) is 11.3 Å². The highest BCUT2D eigenvalue weighted by Crippen LogP contribution is 2.46. The summed E-state index contributed by atoms with van der Waals surface area (Å²) < 4.78 is 0.340. The van der Waals surface area contributed by atoms with Gasteiger partial charge in [0.25, 0.3) is 0 Å². The highest BCUT2D eigenvalue weighted by atomic mass is 32.2. The van der Waals surface area contributed by atoms with E-state index in [9.17, 15) is 0 Å². The third-order valence-corrected chi connectivity index (χ3v) is 5.28. The Morgan fingerprint density at radius 2 is 2.50 bits per heavy atom. The van der Waals surface area contributed by atoms with Crippen molar-refractivity contribution < 1.29 is 0 Å². The minimum absolute atomic E-state index is 0.340. The summed E-state index contributed by atoms with van der Waals surface area (Å²) in [7, 11) is 2.04. The van der Waals surface area contributed by atoms with Crippen LogP contribution in [0.5, 0.6) is 0 Å². The summed E-state index contributed by atoms with van der Waals surface area (Å²) in [5.41, 5.74) is 0. The molecule has 1 saturated heterocycles. The van der Waals surface area contributed by atoms with Gasteiger partial charge in [0.2, 0.25) is 0 Å². The Labute approximate surface area is 93.5 Å². The molecule has 0 aromatic carbocycles. The molecule has 4 heteroatoms. The number of aromatic nitrogens is 1. The lowest BCUT2D eigenvalue weighted by Crippen LogP contribution is -2.35. The van der Waals surface area contributed by atoms with Crippen molar-refractivity contribution in [3.63, 3.8) is 0 Å². The monoisotopic (exact) mass is 228 g/mol. The van der Waals surface area contributed by atoms with Crippen molar-refractivity contribution in [2.75, 3.05) is 12.8 Å². The number of hydrogen-bond acceptors (Lipinski definition) is 4. The molecule has 0 aliphatic carbocycles. The van der Waals surface area contributed by atoms with Crippen LogP contribution in [0.15, 0.2) is 11.6 Å². The molecule has 1 N–H and O–H groups in total. The molecule has 0 amide bonds. The molecule has 0 radical (unpaired) electrons. The maximum atomic E-state index is 4.42. The van der Waals surface area contributed by atoms with Crippen LogP contribution in [0.2, 0.25) is 0 Å². The van der Waals surface area contributed by atoms with Gasteiger partial charge in [-0.3, -0.25) is 0 Å². The average Bonchev–Trinajstić information content (AvgIpc) is 2.78. The lowest BCUT2D eigenvalue weighted by molar-refractivity contribution is 0.439. The molecule has 1 aliphatic heterocycles. The highest BCUT2D eigenvalue weighted by molar-refractivity contribution is 8.00. The fourth-order valence-corrected chi connectivity index (χ4v) is 4.51. The van der Waals surface area contributed by atoms with E-state index in [1.165, 1.54) is 23.6 Å². The molecule has 1 aliphatic rings. The van der Waals surface area contributed by atoms with Crippen LogP contribution in [-0.4, -0.2) is 22.5 Å². The van der Waals surface area contributed by atoms with E-state index in [1.807, 2.05) is 13.2 Å². The van der Waals surface area contributed by atoms with Crippen molar-refractivity contribution >= 4 is 23.1 Å². The minimum Gasteiger partial charge on any atom is -0.310 e. The lowest BCUT2D eigenvalue weighted by atomic mass is 9.97. The van der Waals surface area contributed by atoms with Crippen LogP contribution < -0.4 is 5.32 Å². The second kappa shape index (κ2) is 4.21. The van der Waals surface area contributed by atoms with Crippen LogP contribution in [0, 0.1) is 0 Å². The first-order chi connectivity index (χ1) is 6.76. The molecular weight excluding hydrogens is 212 g/mol. The summed E-state index contributed by atoms with van der Waals surface area (Å²) in [5, 5.41) is 6.70. The first-order valence-corrected chi connectivity index (χ1v) is 6.83. The third kappa shape index (κ3) is 1.83. The summed E-state index contributed by atoms with van der Waals surface area (Å²) >= 11 is 3.83. The van der Waals surface area contributed by atoms with Crippen molar-refractivity contribution in [3.05, 3.63) is 16.6 Å². The Kier molecular flexibility index (Phi) is 3.14. The van der Waals surface area contributed by atoms with Gasteiger partial charge in [0.1, 0.15) is 5.01 Å². The van der Waals surface area contributed by atoms with Crippen LogP contribution in [0.25, 0.3) is 0 Å². The SMILES string of the molecule is CNC(c1nccs1)C1(C)CCCS1. The molecule has 2 unspecified atom stereocenters. The Hall–Kier alpha value is -0.0600. The van der Waals surface area contributed by atoms with Gasteiger partial charge in [0.15, 0.2) is 0 Å². The number of rotatable bonds is 3. The number of hydrogen-bond donors (Lipinski definition) is 1. The maximum Gasteiger partial charge on any atom is 0.111 e. The summed E-state index contributed by atoms with van der Waals surface area (Å²) in [6, 6.07) is 0.412. The number of thiazole rings is 1. The van der Waals surface area contributed by atoms with Crippen LogP contribution in [-0.2, 0) is 0 Å². The van der Waals surface area contributed by atoms with Crippen LogP contribution >= 0.6 is 23.1 Å². The molecule has 0 bridgehead atoms. The predicted molar refractivity (Wildman–Crippen MR) is 64.0 cm³/mol. The second-order valence-corrected chi connectivity index (χ2v) is 6.41. The van der Waals surface area contributed by atoms with Gasteiger partial charge in [0, 0.05) is 16.3 Å². The van der Waals surface area contributed by atoms with Crippen molar-refractivity contribution in [2.45, 2.75) is 30.6 Å². The largest absolute Gasteiger partial charge is 0.310 e. The van der Waals surface area contributed by atoms with Gasteiger partial charge < -0.3 is 5.32 Å². The van der Waals surface area contributed by atoms with Gasteiger partial charge in [-0.15, -0.1) is 11.3 Å². The molecule has 1 fully saturated rings. The zero-order chi connectivity index (χ0) is 10.0. The van der Waals surface area contributed by atoms with E-state index in [0.717, 1.165) is 0 Å². The number of nitrogens with zero attached hydrogens (tertiary/aromatic N) is 1. The Bertz CT molecular complexity index is 278. The molecule has 2 nitrogen and oxygen atoms in total. The molecule has 0 spiro atoms. The quantitative estimate of drug-likeness (QED) is 0.861. The smallest absolute Gasteiger partial charge is 0.111 e. The van der Waals surface area contributed by atoms with Crippen molar-refractivity contribution in [1.29, 1.82) is 0 Å². The van der Waals surface area contributed by atoms with Gasteiger partial charge in [-0.2, -0.15) is 11.8 Å².